The van der Waals surface area contributed by atoms with Gasteiger partial charge in [0.2, 0.25) is 0 Å². The van der Waals surface area contributed by atoms with E-state index in [1.165, 1.54) is 0 Å². The fourth-order valence-corrected chi connectivity index (χ4v) is 1.25. The molecule has 7 nitrogen and oxygen atoms in total. The average molecular weight is 327 g/mol. The van der Waals surface area contributed by atoms with Crippen molar-refractivity contribution in [3.05, 3.63) is 65.0 Å². The molecule has 122 valence electrons. The van der Waals surface area contributed by atoms with Crippen LogP contribution in [0.15, 0.2) is 42.5 Å². The molecule has 0 radical (unpaired) electrons. The van der Waals surface area contributed by atoms with Crippen LogP contribution in [-0.4, -0.2) is 42.7 Å². The van der Waals surface area contributed by atoms with E-state index in [1.54, 1.807) is 42.5 Å². The van der Waals surface area contributed by atoms with Crippen LogP contribution in [0, 0.1) is 0 Å². The van der Waals surface area contributed by atoms with E-state index in [0.29, 0.717) is 23.7 Å². The fourth-order valence-electron chi connectivity index (χ4n) is 1.25. The van der Waals surface area contributed by atoms with Gasteiger partial charge in [0.25, 0.3) is 0 Å². The highest BCUT2D eigenvalue weighted by Crippen LogP contribution is 1.98. The second-order valence-electron chi connectivity index (χ2n) is 3.90. The van der Waals surface area contributed by atoms with Crippen molar-refractivity contribution in [2.24, 2.45) is 0 Å². The Bertz CT molecular complexity index is 638. The summed E-state index contributed by atoms with van der Waals surface area (Å²) in [7, 11) is 0. The third-order valence-corrected chi connectivity index (χ3v) is 2.30. The zero-order valence-electron chi connectivity index (χ0n) is 12.4. The minimum Gasteiger partial charge on any atom is -0.298 e. The standard InChI is InChI=1S/C8H6O2.C7H5NO2.C2H2O2/c9-5-7-1-2-8(6-10)4-3-7;9-4-6-2-1-3-7(5-10)8-6;3-1-2-4/h1-6H;1-5H;1-2H. The third-order valence-electron chi connectivity index (χ3n) is 2.30. The van der Waals surface area contributed by atoms with Crippen molar-refractivity contribution in [3.8, 4) is 0 Å². The van der Waals surface area contributed by atoms with E-state index in [1.807, 2.05) is 0 Å². The first-order chi connectivity index (χ1) is 11.6. The van der Waals surface area contributed by atoms with Crippen LogP contribution >= 0.6 is 0 Å². The highest BCUT2D eigenvalue weighted by atomic mass is 16.2. The van der Waals surface area contributed by atoms with Gasteiger partial charge in [-0.15, -0.1) is 0 Å². The summed E-state index contributed by atoms with van der Waals surface area (Å²) in [5.41, 5.74) is 1.74. The molecular weight excluding hydrogens is 314 g/mol. The van der Waals surface area contributed by atoms with Crippen LogP contribution < -0.4 is 0 Å². The Morgan fingerprint density at radius 1 is 0.542 bits per heavy atom. The largest absolute Gasteiger partial charge is 0.298 e. The summed E-state index contributed by atoms with van der Waals surface area (Å²) in [4.78, 5) is 61.7. The number of carbonyl (C=O) groups excluding carboxylic acids is 6. The second-order valence-corrected chi connectivity index (χ2v) is 3.90. The van der Waals surface area contributed by atoms with Crippen LogP contribution in [0.1, 0.15) is 41.7 Å². The second kappa shape index (κ2) is 13.1. The molecule has 0 aliphatic heterocycles. The maximum absolute atomic E-state index is 10.1. The SMILES string of the molecule is O=CC=O.O=Cc1ccc(C=O)cc1.O=Cc1cccc(C=O)n1. The van der Waals surface area contributed by atoms with E-state index < -0.39 is 0 Å². The van der Waals surface area contributed by atoms with Crippen molar-refractivity contribution in [2.45, 2.75) is 0 Å². The van der Waals surface area contributed by atoms with Gasteiger partial charge in [-0.1, -0.05) is 30.3 Å². The molecule has 1 aromatic carbocycles. The summed E-state index contributed by atoms with van der Waals surface area (Å²) in [6.45, 7) is 0. The van der Waals surface area contributed by atoms with Crippen LogP contribution in [-0.2, 0) is 9.59 Å². The Hall–Kier alpha value is -3.61. The highest BCUT2D eigenvalue weighted by Gasteiger charge is 1.92. The van der Waals surface area contributed by atoms with Gasteiger partial charge in [0.1, 0.15) is 24.0 Å². The van der Waals surface area contributed by atoms with Gasteiger partial charge < -0.3 is 0 Å². The van der Waals surface area contributed by atoms with Gasteiger partial charge in [0.15, 0.2) is 25.1 Å². The minimum absolute atomic E-state index is 0.194. The number of carbonyl (C=O) groups is 6. The average Bonchev–Trinajstić information content (AvgIpc) is 2.68. The Labute approximate surface area is 137 Å². The molecule has 0 N–H and O–H groups in total. The lowest BCUT2D eigenvalue weighted by atomic mass is 10.2. The van der Waals surface area contributed by atoms with Crippen molar-refractivity contribution >= 4 is 37.7 Å². The summed E-state index contributed by atoms with van der Waals surface area (Å²) < 4.78 is 0. The number of aromatic nitrogens is 1. The molecule has 0 amide bonds. The van der Waals surface area contributed by atoms with Crippen LogP contribution in [0.25, 0.3) is 0 Å². The molecule has 2 rings (SSSR count). The molecule has 0 unspecified atom stereocenters. The number of hydrogen-bond donors (Lipinski definition) is 0. The molecule has 0 saturated heterocycles. The van der Waals surface area contributed by atoms with Crippen LogP contribution in [0.3, 0.4) is 0 Å². The first-order valence-electron chi connectivity index (χ1n) is 6.41. The molecule has 1 aromatic heterocycles. The molecule has 0 saturated carbocycles. The minimum atomic E-state index is 0.194. The molecule has 2 aromatic rings. The summed E-state index contributed by atoms with van der Waals surface area (Å²) >= 11 is 0. The Kier molecular flexibility index (Phi) is 11.1. The van der Waals surface area contributed by atoms with E-state index in [-0.39, 0.29) is 24.0 Å². The maximum Gasteiger partial charge on any atom is 0.182 e. The highest BCUT2D eigenvalue weighted by molar-refractivity contribution is 6.09. The van der Waals surface area contributed by atoms with E-state index in [2.05, 4.69) is 4.98 Å². The molecular formula is C17H13NO6. The third kappa shape index (κ3) is 8.63. The lowest BCUT2D eigenvalue weighted by molar-refractivity contribution is -0.122. The van der Waals surface area contributed by atoms with Crippen molar-refractivity contribution in [1.29, 1.82) is 0 Å². The summed E-state index contributed by atoms with van der Waals surface area (Å²) in [5, 5.41) is 0. The van der Waals surface area contributed by atoms with Gasteiger partial charge >= 0.3 is 0 Å². The molecule has 0 aliphatic carbocycles. The van der Waals surface area contributed by atoms with Gasteiger partial charge in [-0.25, -0.2) is 4.98 Å². The monoisotopic (exact) mass is 327 g/mol. The molecule has 0 spiro atoms. The van der Waals surface area contributed by atoms with Gasteiger partial charge in [0.05, 0.1) is 0 Å². The topological polar surface area (TPSA) is 115 Å². The first kappa shape index (κ1) is 20.4. The molecule has 0 atom stereocenters. The van der Waals surface area contributed by atoms with E-state index in [9.17, 15) is 19.2 Å². The first-order valence-corrected chi connectivity index (χ1v) is 6.41. The predicted octanol–water partition coefficient (Wildman–Crippen LogP) is 1.40. The smallest absolute Gasteiger partial charge is 0.182 e. The van der Waals surface area contributed by atoms with Crippen molar-refractivity contribution < 1.29 is 28.8 Å². The Morgan fingerprint density at radius 3 is 1.17 bits per heavy atom. The molecule has 0 bridgehead atoms. The number of benzene rings is 1. The molecule has 24 heavy (non-hydrogen) atoms. The van der Waals surface area contributed by atoms with Crippen molar-refractivity contribution in [1.82, 2.24) is 4.98 Å². The van der Waals surface area contributed by atoms with Gasteiger partial charge in [-0.2, -0.15) is 0 Å². The Morgan fingerprint density at radius 2 is 0.917 bits per heavy atom. The number of pyridine rings is 1. The van der Waals surface area contributed by atoms with Crippen molar-refractivity contribution in [3.63, 3.8) is 0 Å². The lowest BCUT2D eigenvalue weighted by Gasteiger charge is -1.88. The zero-order valence-corrected chi connectivity index (χ0v) is 12.4. The van der Waals surface area contributed by atoms with Gasteiger partial charge in [-0.3, -0.25) is 28.8 Å². The lowest BCUT2D eigenvalue weighted by Crippen LogP contribution is -1.90. The number of nitrogens with zero attached hydrogens (tertiary/aromatic N) is 1. The van der Waals surface area contributed by atoms with E-state index in [4.69, 9.17) is 9.59 Å². The zero-order chi connectivity index (χ0) is 18.2. The van der Waals surface area contributed by atoms with Crippen LogP contribution in [0.4, 0.5) is 0 Å². The quantitative estimate of drug-likeness (QED) is 0.602. The fraction of sp³-hybridized carbons (Fsp3) is 0. The number of rotatable bonds is 5. The van der Waals surface area contributed by atoms with E-state index in [0.717, 1.165) is 12.6 Å². The van der Waals surface area contributed by atoms with Gasteiger partial charge in [-0.05, 0) is 12.1 Å². The summed E-state index contributed by atoms with van der Waals surface area (Å²) in [5.74, 6) is 0. The van der Waals surface area contributed by atoms with E-state index >= 15 is 0 Å². The normalized spacial score (nSPS) is 8.17. The summed E-state index contributed by atoms with van der Waals surface area (Å²) in [6, 6.07) is 11.1. The van der Waals surface area contributed by atoms with Crippen molar-refractivity contribution in [2.75, 3.05) is 0 Å². The maximum atomic E-state index is 10.1. The molecule has 1 heterocycles. The van der Waals surface area contributed by atoms with Crippen LogP contribution in [0.2, 0.25) is 0 Å². The molecule has 0 aliphatic rings. The Balaban J connectivity index is 0.000000363. The number of aldehydes is 6. The van der Waals surface area contributed by atoms with Crippen LogP contribution in [0.5, 0.6) is 0 Å². The van der Waals surface area contributed by atoms with Gasteiger partial charge in [0, 0.05) is 11.1 Å². The predicted molar refractivity (Wildman–Crippen MR) is 84.4 cm³/mol. The molecule has 7 heteroatoms. The molecule has 0 fully saturated rings. The number of hydrogen-bond acceptors (Lipinski definition) is 7. The summed E-state index contributed by atoms with van der Waals surface area (Å²) in [6.07, 6.45) is 3.09.